The number of hydrogen-bond donors (Lipinski definition) is 1. The van der Waals surface area contributed by atoms with Gasteiger partial charge in [-0.15, -0.1) is 0 Å². The molecule has 1 aromatic heterocycles. The van der Waals surface area contributed by atoms with Crippen LogP contribution in [0.4, 0.5) is 0 Å². The van der Waals surface area contributed by atoms with Gasteiger partial charge in [-0.1, -0.05) is 18.2 Å². The molecule has 27 heavy (non-hydrogen) atoms. The van der Waals surface area contributed by atoms with E-state index in [4.69, 9.17) is 21.7 Å². The van der Waals surface area contributed by atoms with Crippen LogP contribution in [0.1, 0.15) is 11.1 Å². The van der Waals surface area contributed by atoms with Crippen molar-refractivity contribution in [3.8, 4) is 17.2 Å². The maximum absolute atomic E-state index is 5.54. The molecule has 0 saturated carbocycles. The minimum atomic E-state index is 0.574. The molecule has 8 heteroatoms. The van der Waals surface area contributed by atoms with Crippen LogP contribution in [0.3, 0.4) is 0 Å². The van der Waals surface area contributed by atoms with E-state index in [1.807, 2.05) is 42.5 Å². The molecule has 3 aromatic rings. The van der Waals surface area contributed by atoms with Crippen molar-refractivity contribution in [3.63, 3.8) is 0 Å². The summed E-state index contributed by atoms with van der Waals surface area (Å²) in [6.07, 6.45) is 0. The van der Waals surface area contributed by atoms with Crippen LogP contribution in [0.25, 0.3) is 5.69 Å². The van der Waals surface area contributed by atoms with E-state index in [-0.39, 0.29) is 0 Å². The average molecular weight is 387 g/mol. The van der Waals surface area contributed by atoms with E-state index < -0.39 is 0 Å². The molecule has 3 rings (SSSR count). The zero-order valence-electron chi connectivity index (χ0n) is 16.0. The standard InChI is InChI=1S/C19H23N5O2S/c1-14-10-17(25-3)18(26-4)11-15(14)12-22(2)13-23-19(27)24(21-20-23)16-8-6-5-7-9-16/h5-11H,12-13H2,1-4H3/p+1. The van der Waals surface area contributed by atoms with Gasteiger partial charge in [-0.3, -0.25) is 0 Å². The van der Waals surface area contributed by atoms with Crippen molar-refractivity contribution in [1.82, 2.24) is 19.8 Å². The maximum Gasteiger partial charge on any atom is 0.225 e. The second-order valence-electron chi connectivity index (χ2n) is 6.43. The summed E-state index contributed by atoms with van der Waals surface area (Å²) in [7, 11) is 5.39. The van der Waals surface area contributed by atoms with Crippen LogP contribution in [0, 0.1) is 11.7 Å². The third kappa shape index (κ3) is 4.17. The van der Waals surface area contributed by atoms with Gasteiger partial charge in [0.2, 0.25) is 4.77 Å². The Bertz CT molecular complexity index is 968. The Kier molecular flexibility index (Phi) is 5.88. The highest BCUT2D eigenvalue weighted by Gasteiger charge is 2.14. The van der Waals surface area contributed by atoms with E-state index in [9.17, 15) is 0 Å². The number of nitrogens with zero attached hydrogens (tertiary/aromatic N) is 4. The molecule has 1 unspecified atom stereocenters. The largest absolute Gasteiger partial charge is 0.493 e. The topological polar surface area (TPSA) is 58.5 Å². The fourth-order valence-electron chi connectivity index (χ4n) is 2.95. The zero-order chi connectivity index (χ0) is 19.4. The number of methoxy groups -OCH3 is 2. The summed E-state index contributed by atoms with van der Waals surface area (Å²) in [5.41, 5.74) is 3.25. The highest BCUT2D eigenvalue weighted by atomic mass is 32.1. The quantitative estimate of drug-likeness (QED) is 0.628. The van der Waals surface area contributed by atoms with Gasteiger partial charge in [0.25, 0.3) is 0 Å². The van der Waals surface area contributed by atoms with Crippen molar-refractivity contribution in [1.29, 1.82) is 0 Å². The number of ether oxygens (including phenoxy) is 2. The molecular weight excluding hydrogens is 362 g/mol. The minimum Gasteiger partial charge on any atom is -0.493 e. The van der Waals surface area contributed by atoms with Crippen LogP contribution >= 0.6 is 12.2 Å². The summed E-state index contributed by atoms with van der Waals surface area (Å²) in [5, 5.41) is 8.41. The summed E-state index contributed by atoms with van der Waals surface area (Å²) < 4.78 is 14.8. The lowest BCUT2D eigenvalue weighted by Gasteiger charge is -2.17. The third-order valence-electron chi connectivity index (χ3n) is 4.39. The Morgan fingerprint density at radius 1 is 1.04 bits per heavy atom. The van der Waals surface area contributed by atoms with Gasteiger partial charge in [-0.25, -0.2) is 0 Å². The first kappa shape index (κ1) is 19.1. The van der Waals surface area contributed by atoms with Gasteiger partial charge in [-0.05, 0) is 59.4 Å². The predicted octanol–water partition coefficient (Wildman–Crippen LogP) is 1.80. The van der Waals surface area contributed by atoms with Gasteiger partial charge >= 0.3 is 0 Å². The lowest BCUT2D eigenvalue weighted by atomic mass is 10.1. The zero-order valence-corrected chi connectivity index (χ0v) is 16.8. The summed E-state index contributed by atoms with van der Waals surface area (Å²) in [5.74, 6) is 1.47. The second kappa shape index (κ2) is 8.32. The Morgan fingerprint density at radius 3 is 2.37 bits per heavy atom. The Morgan fingerprint density at radius 2 is 1.70 bits per heavy atom. The van der Waals surface area contributed by atoms with Crippen LogP contribution in [0.2, 0.25) is 0 Å². The summed E-state index contributed by atoms with van der Waals surface area (Å²) >= 11 is 5.54. The van der Waals surface area contributed by atoms with Gasteiger partial charge < -0.3 is 14.4 Å². The van der Waals surface area contributed by atoms with E-state index >= 15 is 0 Å². The predicted molar refractivity (Wildman–Crippen MR) is 105 cm³/mol. The van der Waals surface area contributed by atoms with Gasteiger partial charge in [0.15, 0.2) is 18.2 Å². The minimum absolute atomic E-state index is 0.574. The van der Waals surface area contributed by atoms with Crippen molar-refractivity contribution in [3.05, 3.63) is 58.4 Å². The smallest absolute Gasteiger partial charge is 0.225 e. The molecule has 0 saturated heterocycles. The molecule has 0 radical (unpaired) electrons. The third-order valence-corrected chi connectivity index (χ3v) is 4.78. The number of aromatic nitrogens is 4. The molecule has 0 aliphatic heterocycles. The van der Waals surface area contributed by atoms with Crippen molar-refractivity contribution >= 4 is 12.2 Å². The highest BCUT2D eigenvalue weighted by molar-refractivity contribution is 7.71. The van der Waals surface area contributed by atoms with Gasteiger partial charge in [0.1, 0.15) is 6.54 Å². The van der Waals surface area contributed by atoms with Gasteiger partial charge in [0.05, 0.1) is 27.0 Å². The van der Waals surface area contributed by atoms with E-state index in [2.05, 4.69) is 24.4 Å². The molecule has 1 atom stereocenters. The Hall–Kier alpha value is -2.71. The molecule has 0 aliphatic carbocycles. The van der Waals surface area contributed by atoms with E-state index in [1.165, 1.54) is 10.5 Å². The first-order valence-corrected chi connectivity index (χ1v) is 9.05. The molecular formula is C19H24N5O2S+. The monoisotopic (exact) mass is 386 g/mol. The summed E-state index contributed by atoms with van der Waals surface area (Å²) in [6.45, 7) is 3.48. The second-order valence-corrected chi connectivity index (χ2v) is 6.80. The number of quaternary nitrogens is 1. The summed E-state index contributed by atoms with van der Waals surface area (Å²) in [6, 6.07) is 13.8. The van der Waals surface area contributed by atoms with Crippen LogP contribution < -0.4 is 14.4 Å². The molecule has 0 fully saturated rings. The van der Waals surface area contributed by atoms with Crippen molar-refractivity contribution in [2.75, 3.05) is 21.3 Å². The number of aryl methyl sites for hydroxylation is 1. The molecule has 2 aromatic carbocycles. The number of tetrazole rings is 1. The Balaban J connectivity index is 1.76. The van der Waals surface area contributed by atoms with Crippen LogP contribution in [-0.2, 0) is 13.2 Å². The van der Waals surface area contributed by atoms with Crippen LogP contribution in [-0.4, -0.2) is 41.1 Å². The first-order valence-electron chi connectivity index (χ1n) is 8.64. The lowest BCUT2D eigenvalue weighted by molar-refractivity contribution is -0.917. The Labute approximate surface area is 163 Å². The van der Waals surface area contributed by atoms with Gasteiger partial charge in [-0.2, -0.15) is 9.36 Å². The molecule has 0 aliphatic rings. The first-order chi connectivity index (χ1) is 13.0. The SMILES string of the molecule is COc1cc(C)c(C[NH+](C)Cn2nnn(-c3ccccc3)c2=S)cc1OC. The van der Waals surface area contributed by atoms with E-state index in [0.29, 0.717) is 11.4 Å². The molecule has 0 spiro atoms. The normalized spacial score (nSPS) is 12.0. The molecule has 142 valence electrons. The van der Waals surface area contributed by atoms with Crippen molar-refractivity contribution < 1.29 is 14.4 Å². The highest BCUT2D eigenvalue weighted by Crippen LogP contribution is 2.29. The van der Waals surface area contributed by atoms with Crippen LogP contribution in [0.15, 0.2) is 42.5 Å². The van der Waals surface area contributed by atoms with E-state index in [1.54, 1.807) is 23.6 Å². The van der Waals surface area contributed by atoms with Gasteiger partial charge in [0, 0.05) is 5.56 Å². The van der Waals surface area contributed by atoms with Crippen LogP contribution in [0.5, 0.6) is 11.5 Å². The van der Waals surface area contributed by atoms with E-state index in [0.717, 1.165) is 29.3 Å². The molecule has 0 bridgehead atoms. The maximum atomic E-state index is 5.54. The summed E-state index contributed by atoms with van der Waals surface area (Å²) in [4.78, 5) is 1.22. The number of para-hydroxylation sites is 1. The number of benzene rings is 2. The molecule has 0 amide bonds. The van der Waals surface area contributed by atoms with Crippen molar-refractivity contribution in [2.45, 2.75) is 20.1 Å². The molecule has 1 heterocycles. The fourth-order valence-corrected chi connectivity index (χ4v) is 3.20. The number of nitrogens with one attached hydrogen (secondary N) is 1. The van der Waals surface area contributed by atoms with Crippen molar-refractivity contribution in [2.24, 2.45) is 0 Å². The average Bonchev–Trinajstić information content (AvgIpc) is 3.04. The number of hydrogen-bond acceptors (Lipinski definition) is 5. The molecule has 1 N–H and O–H groups in total. The lowest BCUT2D eigenvalue weighted by Crippen LogP contribution is -3.07. The fraction of sp³-hybridized carbons (Fsp3) is 0.316. The molecule has 7 nitrogen and oxygen atoms in total. The number of rotatable bonds is 7.